The van der Waals surface area contributed by atoms with Gasteiger partial charge in [0, 0.05) is 71.9 Å². The van der Waals surface area contributed by atoms with Gasteiger partial charge in [-0.3, -0.25) is 4.79 Å². The molecule has 2 aliphatic rings. The third kappa shape index (κ3) is 7.18. The van der Waals surface area contributed by atoms with Crippen molar-refractivity contribution in [3.05, 3.63) is 0 Å². The number of sulfonamides is 1. The lowest BCUT2D eigenvalue weighted by Gasteiger charge is -2.32. The number of carbonyl (C=O) groups excluding carboxylic acids is 1. The summed E-state index contributed by atoms with van der Waals surface area (Å²) in [6, 6.07) is 0. The van der Waals surface area contributed by atoms with Crippen LogP contribution in [0.25, 0.3) is 0 Å². The smallest absolute Gasteiger partial charge is 0.223 e. The summed E-state index contributed by atoms with van der Waals surface area (Å²) in [4.78, 5) is 18.8. The molecule has 0 atom stereocenters. The van der Waals surface area contributed by atoms with Crippen LogP contribution in [0, 0.1) is 0 Å². The molecule has 2 fully saturated rings. The van der Waals surface area contributed by atoms with E-state index >= 15 is 0 Å². The van der Waals surface area contributed by atoms with E-state index in [1.165, 1.54) is 10.6 Å². The number of hydrogen-bond donors (Lipinski definition) is 1. The van der Waals surface area contributed by atoms with E-state index in [9.17, 15) is 13.2 Å². The SMILES string of the molecule is CN1CCN(CCCN(CCC(=O)N2CCNCC2)S(C)(=O)=O)CC1. The number of carbonyl (C=O) groups is 1. The maximum Gasteiger partial charge on any atom is 0.223 e. The molecule has 2 heterocycles. The molecule has 0 aromatic carbocycles. The lowest BCUT2D eigenvalue weighted by molar-refractivity contribution is -0.131. The number of nitrogens with one attached hydrogen (secondary N) is 1. The van der Waals surface area contributed by atoms with Crippen LogP contribution in [0.3, 0.4) is 0 Å². The van der Waals surface area contributed by atoms with Crippen LogP contribution in [0.5, 0.6) is 0 Å². The first-order chi connectivity index (χ1) is 11.9. The molecule has 0 spiro atoms. The van der Waals surface area contributed by atoms with E-state index in [1.54, 1.807) is 0 Å². The Kier molecular flexibility index (Phi) is 8.08. The summed E-state index contributed by atoms with van der Waals surface area (Å²) in [7, 11) is -1.16. The molecule has 2 saturated heterocycles. The maximum atomic E-state index is 12.2. The van der Waals surface area contributed by atoms with Crippen molar-refractivity contribution in [2.45, 2.75) is 12.8 Å². The molecular weight excluding hydrogens is 342 g/mol. The fraction of sp³-hybridized carbons (Fsp3) is 0.938. The first kappa shape index (κ1) is 20.6. The minimum Gasteiger partial charge on any atom is -0.340 e. The highest BCUT2D eigenvalue weighted by atomic mass is 32.2. The van der Waals surface area contributed by atoms with Gasteiger partial charge in [-0.05, 0) is 20.0 Å². The van der Waals surface area contributed by atoms with Crippen molar-refractivity contribution in [3.63, 3.8) is 0 Å². The minimum absolute atomic E-state index is 0.0502. The highest BCUT2D eigenvalue weighted by Crippen LogP contribution is 2.06. The van der Waals surface area contributed by atoms with Crippen LogP contribution in [0.2, 0.25) is 0 Å². The van der Waals surface area contributed by atoms with Crippen LogP contribution in [0.4, 0.5) is 0 Å². The van der Waals surface area contributed by atoms with Crippen LogP contribution in [-0.4, -0.2) is 119 Å². The molecule has 1 N–H and O–H groups in total. The molecule has 0 saturated carbocycles. The van der Waals surface area contributed by atoms with E-state index in [2.05, 4.69) is 22.2 Å². The van der Waals surface area contributed by atoms with Crippen molar-refractivity contribution in [1.82, 2.24) is 24.3 Å². The largest absolute Gasteiger partial charge is 0.340 e. The Morgan fingerprint density at radius 2 is 1.68 bits per heavy atom. The van der Waals surface area contributed by atoms with Crippen molar-refractivity contribution in [3.8, 4) is 0 Å². The topological polar surface area (TPSA) is 76.2 Å². The summed E-state index contributed by atoms with van der Waals surface area (Å²) >= 11 is 0. The van der Waals surface area contributed by atoms with E-state index in [0.717, 1.165) is 52.2 Å². The third-order valence-corrected chi connectivity index (χ3v) is 6.29. The highest BCUT2D eigenvalue weighted by Gasteiger charge is 2.21. The Morgan fingerprint density at radius 1 is 1.04 bits per heavy atom. The number of nitrogens with zero attached hydrogens (tertiary/aromatic N) is 4. The summed E-state index contributed by atoms with van der Waals surface area (Å²) in [5.41, 5.74) is 0. The maximum absolute atomic E-state index is 12.2. The van der Waals surface area contributed by atoms with E-state index in [0.29, 0.717) is 19.6 Å². The number of hydrogen-bond acceptors (Lipinski definition) is 6. The van der Waals surface area contributed by atoms with Gasteiger partial charge in [0.15, 0.2) is 0 Å². The zero-order valence-corrected chi connectivity index (χ0v) is 16.4. The van der Waals surface area contributed by atoms with Crippen LogP contribution >= 0.6 is 0 Å². The Hall–Kier alpha value is -0.740. The van der Waals surface area contributed by atoms with Gasteiger partial charge in [-0.2, -0.15) is 0 Å². The molecule has 0 aromatic heterocycles. The second-order valence-corrected chi connectivity index (χ2v) is 9.02. The Bertz CT molecular complexity index is 514. The number of amides is 1. The molecule has 0 aliphatic carbocycles. The van der Waals surface area contributed by atoms with Crippen LogP contribution in [-0.2, 0) is 14.8 Å². The van der Waals surface area contributed by atoms with Crippen LogP contribution in [0.1, 0.15) is 12.8 Å². The first-order valence-electron chi connectivity index (χ1n) is 9.21. The monoisotopic (exact) mass is 375 g/mol. The average molecular weight is 376 g/mol. The van der Waals surface area contributed by atoms with Gasteiger partial charge in [-0.25, -0.2) is 12.7 Å². The van der Waals surface area contributed by atoms with Gasteiger partial charge in [0.2, 0.25) is 15.9 Å². The van der Waals surface area contributed by atoms with E-state index in [1.807, 2.05) is 4.90 Å². The molecule has 1 amide bonds. The minimum atomic E-state index is -3.28. The second-order valence-electron chi connectivity index (χ2n) is 7.04. The zero-order chi connectivity index (χ0) is 18.3. The van der Waals surface area contributed by atoms with Crippen molar-refractivity contribution in [2.75, 3.05) is 85.3 Å². The molecule has 146 valence electrons. The van der Waals surface area contributed by atoms with Crippen molar-refractivity contribution in [1.29, 1.82) is 0 Å². The van der Waals surface area contributed by atoms with Gasteiger partial charge in [-0.1, -0.05) is 0 Å². The van der Waals surface area contributed by atoms with Crippen molar-refractivity contribution < 1.29 is 13.2 Å². The molecule has 2 aliphatic heterocycles. The predicted molar refractivity (Wildman–Crippen MR) is 99.0 cm³/mol. The van der Waals surface area contributed by atoms with E-state index in [4.69, 9.17) is 0 Å². The van der Waals surface area contributed by atoms with Crippen LogP contribution < -0.4 is 5.32 Å². The first-order valence-corrected chi connectivity index (χ1v) is 11.1. The lowest BCUT2D eigenvalue weighted by Crippen LogP contribution is -2.47. The molecular formula is C16H33N5O3S. The highest BCUT2D eigenvalue weighted by molar-refractivity contribution is 7.88. The van der Waals surface area contributed by atoms with Gasteiger partial charge in [0.05, 0.1) is 6.26 Å². The molecule has 9 heteroatoms. The third-order valence-electron chi connectivity index (χ3n) is 4.99. The van der Waals surface area contributed by atoms with Crippen molar-refractivity contribution >= 4 is 15.9 Å². The number of likely N-dealkylation sites (N-methyl/N-ethyl adjacent to an activating group) is 1. The van der Waals surface area contributed by atoms with Gasteiger partial charge in [0.1, 0.15) is 0 Å². The molecule has 0 radical (unpaired) electrons. The molecule has 25 heavy (non-hydrogen) atoms. The van der Waals surface area contributed by atoms with Gasteiger partial charge < -0.3 is 20.0 Å². The summed E-state index contributed by atoms with van der Waals surface area (Å²) in [6.07, 6.45) is 2.30. The van der Waals surface area contributed by atoms with Crippen molar-refractivity contribution in [2.24, 2.45) is 0 Å². The fourth-order valence-corrected chi connectivity index (χ4v) is 4.16. The fourth-order valence-electron chi connectivity index (χ4n) is 3.28. The quantitative estimate of drug-likeness (QED) is 0.569. The Balaban J connectivity index is 1.73. The standard InChI is InChI=1S/C16H33N5O3S/c1-18-12-14-19(15-13-18)7-3-8-21(25(2,23)24)9-4-16(22)20-10-5-17-6-11-20/h17H,3-15H2,1-2H3. The number of rotatable bonds is 8. The van der Waals surface area contributed by atoms with Crippen LogP contribution in [0.15, 0.2) is 0 Å². The normalized spacial score (nSPS) is 21.0. The summed E-state index contributed by atoms with van der Waals surface area (Å²) in [6.45, 7) is 8.93. The summed E-state index contributed by atoms with van der Waals surface area (Å²) in [5, 5.41) is 3.21. The summed E-state index contributed by atoms with van der Waals surface area (Å²) < 4.78 is 25.5. The average Bonchev–Trinajstić information content (AvgIpc) is 2.59. The second kappa shape index (κ2) is 9.82. The van der Waals surface area contributed by atoms with E-state index in [-0.39, 0.29) is 18.9 Å². The van der Waals surface area contributed by atoms with Gasteiger partial charge >= 0.3 is 0 Å². The molecule has 2 rings (SSSR count). The zero-order valence-electron chi connectivity index (χ0n) is 15.6. The lowest BCUT2D eigenvalue weighted by atomic mass is 10.3. The number of piperazine rings is 2. The van der Waals surface area contributed by atoms with Gasteiger partial charge in [-0.15, -0.1) is 0 Å². The molecule has 0 aromatic rings. The molecule has 0 bridgehead atoms. The van der Waals surface area contributed by atoms with E-state index < -0.39 is 10.0 Å². The Morgan fingerprint density at radius 3 is 2.28 bits per heavy atom. The molecule has 8 nitrogen and oxygen atoms in total. The summed E-state index contributed by atoms with van der Waals surface area (Å²) in [5.74, 6) is 0.0502. The van der Waals surface area contributed by atoms with Gasteiger partial charge in [0.25, 0.3) is 0 Å². The predicted octanol–water partition coefficient (Wildman–Crippen LogP) is -1.29. The Labute approximate surface area is 152 Å². The molecule has 0 unspecified atom stereocenters.